The fourth-order valence-corrected chi connectivity index (χ4v) is 2.71. The van der Waals surface area contributed by atoms with Gasteiger partial charge in [0, 0.05) is 35.1 Å². The van der Waals surface area contributed by atoms with E-state index in [1.807, 2.05) is 0 Å². The summed E-state index contributed by atoms with van der Waals surface area (Å²) in [5.74, 6) is -0.618. The second kappa shape index (κ2) is 7.07. The van der Waals surface area contributed by atoms with Gasteiger partial charge in [-0.3, -0.25) is 14.9 Å². The maximum Gasteiger partial charge on any atom is 0.269 e. The van der Waals surface area contributed by atoms with Gasteiger partial charge < -0.3 is 5.11 Å². The minimum Gasteiger partial charge on any atom is -0.506 e. The molecule has 3 rings (SSSR count). The molecule has 0 aliphatic heterocycles. The molecule has 1 aromatic heterocycles. The van der Waals surface area contributed by atoms with Crippen molar-refractivity contribution >= 4 is 34.7 Å². The maximum absolute atomic E-state index is 12.5. The van der Waals surface area contributed by atoms with Gasteiger partial charge in [-0.05, 0) is 24.3 Å². The number of aromatic nitrogens is 2. The summed E-state index contributed by atoms with van der Waals surface area (Å²) >= 11 is 11.7. The van der Waals surface area contributed by atoms with Crippen LogP contribution in [0.15, 0.2) is 48.8 Å². The van der Waals surface area contributed by atoms with Crippen molar-refractivity contribution in [2.45, 2.75) is 0 Å². The van der Waals surface area contributed by atoms with E-state index < -0.39 is 10.7 Å². The standard InChI is InChI=1S/C17H9Cl2N3O4/c18-11-5-13(16(24)14(19)6-11)15(23)10-7-20-17(21-8-10)9-1-3-12(4-2-9)22(25)26/h1-8,24H. The molecule has 0 fully saturated rings. The van der Waals surface area contributed by atoms with Crippen molar-refractivity contribution in [2.24, 2.45) is 0 Å². The van der Waals surface area contributed by atoms with E-state index in [9.17, 15) is 20.0 Å². The molecule has 0 spiro atoms. The van der Waals surface area contributed by atoms with E-state index in [-0.39, 0.29) is 32.6 Å². The minimum absolute atomic E-state index is 0.0377. The normalized spacial score (nSPS) is 10.5. The maximum atomic E-state index is 12.5. The summed E-state index contributed by atoms with van der Waals surface area (Å²) in [6, 6.07) is 8.32. The molecule has 0 saturated carbocycles. The Morgan fingerprint density at radius 3 is 2.27 bits per heavy atom. The second-order valence-corrected chi connectivity index (χ2v) is 6.06. The van der Waals surface area contributed by atoms with Crippen LogP contribution in [0.1, 0.15) is 15.9 Å². The number of carbonyl (C=O) groups is 1. The molecule has 9 heteroatoms. The van der Waals surface area contributed by atoms with Gasteiger partial charge in [-0.15, -0.1) is 0 Å². The number of benzene rings is 2. The average Bonchev–Trinajstić information content (AvgIpc) is 2.64. The van der Waals surface area contributed by atoms with Crippen LogP contribution in [0.5, 0.6) is 5.75 Å². The smallest absolute Gasteiger partial charge is 0.269 e. The summed E-state index contributed by atoms with van der Waals surface area (Å²) in [6.07, 6.45) is 2.58. The van der Waals surface area contributed by atoms with Crippen LogP contribution < -0.4 is 0 Å². The second-order valence-electron chi connectivity index (χ2n) is 5.21. The van der Waals surface area contributed by atoms with Gasteiger partial charge in [-0.1, -0.05) is 23.2 Å². The lowest BCUT2D eigenvalue weighted by molar-refractivity contribution is -0.384. The van der Waals surface area contributed by atoms with Gasteiger partial charge >= 0.3 is 0 Å². The minimum atomic E-state index is -0.540. The van der Waals surface area contributed by atoms with Gasteiger partial charge in [0.05, 0.1) is 21.1 Å². The highest BCUT2D eigenvalue weighted by Gasteiger charge is 2.18. The third-order valence-electron chi connectivity index (χ3n) is 3.52. The number of rotatable bonds is 4. The number of aromatic hydroxyl groups is 1. The first kappa shape index (κ1) is 17.8. The van der Waals surface area contributed by atoms with Crippen LogP contribution in [0.2, 0.25) is 10.0 Å². The Hall–Kier alpha value is -3.03. The molecule has 26 heavy (non-hydrogen) atoms. The molecule has 0 bridgehead atoms. The summed E-state index contributed by atoms with van der Waals surface area (Å²) in [4.78, 5) is 30.9. The van der Waals surface area contributed by atoms with Crippen molar-refractivity contribution in [3.63, 3.8) is 0 Å². The third-order valence-corrected chi connectivity index (χ3v) is 4.03. The highest BCUT2D eigenvalue weighted by Crippen LogP contribution is 2.32. The van der Waals surface area contributed by atoms with Gasteiger partial charge in [0.15, 0.2) is 11.6 Å². The zero-order valence-electron chi connectivity index (χ0n) is 12.9. The van der Waals surface area contributed by atoms with Crippen LogP contribution >= 0.6 is 23.2 Å². The fourth-order valence-electron chi connectivity index (χ4n) is 2.22. The number of hydrogen-bond donors (Lipinski definition) is 1. The SMILES string of the molecule is O=C(c1cnc(-c2ccc([N+](=O)[O-])cc2)nc1)c1cc(Cl)cc(Cl)c1O. The molecule has 1 heterocycles. The summed E-state index contributed by atoms with van der Waals surface area (Å²) in [5, 5.41) is 20.8. The van der Waals surface area contributed by atoms with E-state index in [0.29, 0.717) is 11.4 Å². The Morgan fingerprint density at radius 2 is 1.69 bits per heavy atom. The lowest BCUT2D eigenvalue weighted by Crippen LogP contribution is -2.04. The topological polar surface area (TPSA) is 106 Å². The summed E-state index contributed by atoms with van der Waals surface area (Å²) < 4.78 is 0. The predicted molar refractivity (Wildman–Crippen MR) is 95.7 cm³/mol. The van der Waals surface area contributed by atoms with E-state index in [4.69, 9.17) is 23.2 Å². The number of non-ortho nitro benzene ring substituents is 1. The number of carbonyl (C=O) groups excluding carboxylic acids is 1. The third kappa shape index (κ3) is 3.49. The van der Waals surface area contributed by atoms with Crippen LogP contribution in [0, 0.1) is 10.1 Å². The first-order valence-corrected chi connectivity index (χ1v) is 7.92. The number of phenolic OH excluding ortho intramolecular Hbond substituents is 1. The van der Waals surface area contributed by atoms with Crippen molar-refractivity contribution in [2.75, 3.05) is 0 Å². The molecule has 7 nitrogen and oxygen atoms in total. The number of nitro groups is 1. The van der Waals surface area contributed by atoms with Crippen molar-refractivity contribution in [3.8, 4) is 17.1 Å². The number of phenols is 1. The van der Waals surface area contributed by atoms with E-state index in [0.717, 1.165) is 0 Å². The number of nitrogens with zero attached hydrogens (tertiary/aromatic N) is 3. The quantitative estimate of drug-likeness (QED) is 0.405. The molecule has 3 aromatic rings. The van der Waals surface area contributed by atoms with E-state index in [1.165, 1.54) is 48.8 Å². The highest BCUT2D eigenvalue weighted by molar-refractivity contribution is 6.36. The molecular weight excluding hydrogens is 381 g/mol. The first-order valence-electron chi connectivity index (χ1n) is 7.16. The molecule has 0 radical (unpaired) electrons. The first-order chi connectivity index (χ1) is 12.4. The van der Waals surface area contributed by atoms with Gasteiger partial charge in [-0.25, -0.2) is 9.97 Å². The van der Waals surface area contributed by atoms with E-state index >= 15 is 0 Å². The molecule has 1 N–H and O–H groups in total. The number of ketones is 1. The average molecular weight is 390 g/mol. The molecule has 0 aliphatic carbocycles. The monoisotopic (exact) mass is 389 g/mol. The molecule has 0 amide bonds. The van der Waals surface area contributed by atoms with E-state index in [2.05, 4.69) is 9.97 Å². The van der Waals surface area contributed by atoms with Crippen molar-refractivity contribution < 1.29 is 14.8 Å². The van der Waals surface area contributed by atoms with Gasteiger partial charge in [0.25, 0.3) is 5.69 Å². The van der Waals surface area contributed by atoms with Crippen molar-refractivity contribution in [1.29, 1.82) is 0 Å². The summed E-state index contributed by atoms with van der Waals surface area (Å²) in [5.41, 5.74) is 0.579. The molecule has 0 aliphatic rings. The highest BCUT2D eigenvalue weighted by atomic mass is 35.5. The number of nitro benzene ring substituents is 1. The molecule has 2 aromatic carbocycles. The molecular formula is C17H9Cl2N3O4. The van der Waals surface area contributed by atoms with Crippen LogP contribution in [-0.4, -0.2) is 25.8 Å². The van der Waals surface area contributed by atoms with E-state index in [1.54, 1.807) is 0 Å². The van der Waals surface area contributed by atoms with Gasteiger partial charge in [0.1, 0.15) is 5.75 Å². The molecule has 0 atom stereocenters. The summed E-state index contributed by atoms with van der Waals surface area (Å²) in [6.45, 7) is 0. The Balaban J connectivity index is 1.90. The lowest BCUT2D eigenvalue weighted by Gasteiger charge is -2.07. The van der Waals surface area contributed by atoms with Crippen LogP contribution in [-0.2, 0) is 0 Å². The molecule has 0 unspecified atom stereocenters. The van der Waals surface area contributed by atoms with Crippen LogP contribution in [0.4, 0.5) is 5.69 Å². The zero-order valence-corrected chi connectivity index (χ0v) is 14.4. The Labute approximate surface area is 157 Å². The molecule has 130 valence electrons. The number of hydrogen-bond acceptors (Lipinski definition) is 6. The van der Waals surface area contributed by atoms with Crippen molar-refractivity contribution in [1.82, 2.24) is 9.97 Å². The van der Waals surface area contributed by atoms with Gasteiger partial charge in [-0.2, -0.15) is 0 Å². The van der Waals surface area contributed by atoms with Crippen molar-refractivity contribution in [3.05, 3.63) is 80.1 Å². The zero-order chi connectivity index (χ0) is 18.8. The Bertz CT molecular complexity index is 1010. The lowest BCUT2D eigenvalue weighted by atomic mass is 10.0. The largest absolute Gasteiger partial charge is 0.506 e. The predicted octanol–water partition coefficient (Wildman–Crippen LogP) is 4.30. The molecule has 0 saturated heterocycles. The Morgan fingerprint density at radius 1 is 1.08 bits per heavy atom. The number of halogens is 2. The fraction of sp³-hybridized carbons (Fsp3) is 0. The Kier molecular flexibility index (Phi) is 4.83. The summed E-state index contributed by atoms with van der Waals surface area (Å²) in [7, 11) is 0. The van der Waals surface area contributed by atoms with Gasteiger partial charge in [0.2, 0.25) is 0 Å². The van der Waals surface area contributed by atoms with Crippen LogP contribution in [0.25, 0.3) is 11.4 Å². The van der Waals surface area contributed by atoms with Crippen LogP contribution in [0.3, 0.4) is 0 Å².